The molecule has 0 saturated heterocycles. The first-order valence-corrected chi connectivity index (χ1v) is 5.24. The lowest BCUT2D eigenvalue weighted by molar-refractivity contribution is 0.0933. The third-order valence-electron chi connectivity index (χ3n) is 2.38. The van der Waals surface area contributed by atoms with Gasteiger partial charge in [-0.2, -0.15) is 4.98 Å². The Kier molecular flexibility index (Phi) is 4.71. The summed E-state index contributed by atoms with van der Waals surface area (Å²) in [6.07, 6.45) is 1.58. The van der Waals surface area contributed by atoms with Crippen LogP contribution in [0.4, 0.5) is 5.95 Å². The fraction of sp³-hybridized carbons (Fsp3) is 0.667. The van der Waals surface area contributed by atoms with Gasteiger partial charge in [0.25, 0.3) is 5.91 Å². The van der Waals surface area contributed by atoms with Gasteiger partial charge in [0.05, 0.1) is 0 Å². The number of hydrogen-bond acceptors (Lipinski definition) is 5. The van der Waals surface area contributed by atoms with Crippen LogP contribution in [0.3, 0.4) is 0 Å². The average molecular weight is 227 g/mol. The Morgan fingerprint density at radius 1 is 1.69 bits per heavy atom. The third-order valence-corrected chi connectivity index (χ3v) is 2.38. The highest BCUT2D eigenvalue weighted by Crippen LogP contribution is 2.05. The Morgan fingerprint density at radius 2 is 2.44 bits per heavy atom. The number of anilines is 1. The molecular weight excluding hydrogens is 210 g/mol. The topological polar surface area (TPSA) is 117 Å². The van der Waals surface area contributed by atoms with E-state index in [0.29, 0.717) is 13.0 Å². The van der Waals surface area contributed by atoms with Crippen molar-refractivity contribution >= 4 is 11.9 Å². The SMILES string of the molecule is CCC(CCO)CNC(=O)c1nc(N)n[nH]1. The summed E-state index contributed by atoms with van der Waals surface area (Å²) in [5.74, 6) is 0.0960. The van der Waals surface area contributed by atoms with Crippen LogP contribution in [0.15, 0.2) is 0 Å². The lowest BCUT2D eigenvalue weighted by Crippen LogP contribution is -2.30. The molecule has 7 heteroatoms. The summed E-state index contributed by atoms with van der Waals surface area (Å²) in [6, 6.07) is 0. The summed E-state index contributed by atoms with van der Waals surface area (Å²) in [5, 5.41) is 17.5. The number of carbonyl (C=O) groups excluding carboxylic acids is 1. The van der Waals surface area contributed by atoms with Crippen LogP contribution in [0.5, 0.6) is 0 Å². The standard InChI is InChI=1S/C9H17N5O2/c1-2-6(3-4-15)5-11-8(16)7-12-9(10)14-13-7/h6,15H,2-5H2,1H3,(H,11,16)(H3,10,12,13,14). The highest BCUT2D eigenvalue weighted by molar-refractivity contribution is 5.90. The van der Waals surface area contributed by atoms with Crippen molar-refractivity contribution < 1.29 is 9.90 Å². The summed E-state index contributed by atoms with van der Waals surface area (Å²) in [7, 11) is 0. The van der Waals surface area contributed by atoms with Crippen molar-refractivity contribution in [1.29, 1.82) is 0 Å². The normalized spacial score (nSPS) is 12.4. The number of hydrogen-bond donors (Lipinski definition) is 4. The minimum atomic E-state index is -0.333. The Labute approximate surface area is 93.4 Å². The summed E-state index contributed by atoms with van der Waals surface area (Å²) in [5.41, 5.74) is 5.28. The van der Waals surface area contributed by atoms with Gasteiger partial charge in [0, 0.05) is 13.2 Å². The van der Waals surface area contributed by atoms with E-state index < -0.39 is 0 Å². The number of nitrogens with one attached hydrogen (secondary N) is 2. The van der Waals surface area contributed by atoms with Crippen LogP contribution in [0.25, 0.3) is 0 Å². The largest absolute Gasteiger partial charge is 0.396 e. The second kappa shape index (κ2) is 6.06. The van der Waals surface area contributed by atoms with Gasteiger partial charge in [0.2, 0.25) is 11.8 Å². The lowest BCUT2D eigenvalue weighted by Gasteiger charge is -2.13. The number of carbonyl (C=O) groups is 1. The van der Waals surface area contributed by atoms with Crippen molar-refractivity contribution in [3.05, 3.63) is 5.82 Å². The number of aliphatic hydroxyl groups is 1. The summed E-state index contributed by atoms with van der Waals surface area (Å²) >= 11 is 0. The van der Waals surface area contributed by atoms with E-state index in [1.807, 2.05) is 6.92 Å². The molecule has 0 fully saturated rings. The van der Waals surface area contributed by atoms with E-state index in [4.69, 9.17) is 10.8 Å². The Hall–Kier alpha value is -1.63. The number of nitrogens with two attached hydrogens (primary N) is 1. The van der Waals surface area contributed by atoms with Gasteiger partial charge in [-0.15, -0.1) is 5.10 Å². The van der Waals surface area contributed by atoms with Crippen LogP contribution in [-0.4, -0.2) is 39.3 Å². The quantitative estimate of drug-likeness (QED) is 0.524. The smallest absolute Gasteiger partial charge is 0.288 e. The summed E-state index contributed by atoms with van der Waals surface area (Å²) < 4.78 is 0. The van der Waals surface area contributed by atoms with E-state index in [9.17, 15) is 4.79 Å². The molecule has 1 aromatic rings. The minimum Gasteiger partial charge on any atom is -0.396 e. The molecule has 0 bridgehead atoms. The fourth-order valence-corrected chi connectivity index (χ4v) is 1.33. The molecule has 16 heavy (non-hydrogen) atoms. The monoisotopic (exact) mass is 227 g/mol. The minimum absolute atomic E-state index is 0.0487. The van der Waals surface area contributed by atoms with Crippen molar-refractivity contribution in [2.24, 2.45) is 5.92 Å². The van der Waals surface area contributed by atoms with Crippen LogP contribution in [0.2, 0.25) is 0 Å². The maximum absolute atomic E-state index is 11.5. The first kappa shape index (κ1) is 12.4. The predicted molar refractivity (Wildman–Crippen MR) is 58.6 cm³/mol. The van der Waals surface area contributed by atoms with Crippen molar-refractivity contribution in [3.63, 3.8) is 0 Å². The molecular formula is C9H17N5O2. The molecule has 0 spiro atoms. The number of aromatic nitrogens is 3. The van der Waals surface area contributed by atoms with E-state index in [1.54, 1.807) is 0 Å². The van der Waals surface area contributed by atoms with Crippen LogP contribution >= 0.6 is 0 Å². The zero-order chi connectivity index (χ0) is 12.0. The van der Waals surface area contributed by atoms with Gasteiger partial charge >= 0.3 is 0 Å². The lowest BCUT2D eigenvalue weighted by atomic mass is 10.0. The zero-order valence-corrected chi connectivity index (χ0v) is 9.23. The highest BCUT2D eigenvalue weighted by Gasteiger charge is 2.12. The molecule has 90 valence electrons. The van der Waals surface area contributed by atoms with Gasteiger partial charge in [0.1, 0.15) is 0 Å². The Morgan fingerprint density at radius 3 is 2.94 bits per heavy atom. The molecule has 0 radical (unpaired) electrons. The second-order valence-corrected chi connectivity index (χ2v) is 3.54. The van der Waals surface area contributed by atoms with Crippen LogP contribution in [0.1, 0.15) is 30.4 Å². The first-order valence-electron chi connectivity index (χ1n) is 5.24. The van der Waals surface area contributed by atoms with Gasteiger partial charge < -0.3 is 16.2 Å². The summed E-state index contributed by atoms with van der Waals surface area (Å²) in [4.78, 5) is 15.2. The van der Waals surface area contributed by atoms with E-state index >= 15 is 0 Å². The Balaban J connectivity index is 2.40. The second-order valence-electron chi connectivity index (χ2n) is 3.54. The van der Waals surface area contributed by atoms with Gasteiger partial charge in [-0.3, -0.25) is 9.89 Å². The molecule has 1 atom stereocenters. The molecule has 1 unspecified atom stereocenters. The van der Waals surface area contributed by atoms with E-state index in [2.05, 4.69) is 20.5 Å². The number of rotatable bonds is 6. The number of nitrogen functional groups attached to an aromatic ring is 1. The number of aromatic amines is 1. The van der Waals surface area contributed by atoms with E-state index in [1.165, 1.54) is 0 Å². The average Bonchev–Trinajstić information content (AvgIpc) is 2.70. The van der Waals surface area contributed by atoms with Crippen molar-refractivity contribution in [1.82, 2.24) is 20.5 Å². The number of aliphatic hydroxyl groups excluding tert-OH is 1. The predicted octanol–water partition coefficient (Wildman–Crippen LogP) is -0.475. The highest BCUT2D eigenvalue weighted by atomic mass is 16.3. The number of nitrogens with zero attached hydrogens (tertiary/aromatic N) is 2. The van der Waals surface area contributed by atoms with Crippen molar-refractivity contribution in [2.45, 2.75) is 19.8 Å². The maximum atomic E-state index is 11.5. The molecule has 0 aliphatic heterocycles. The van der Waals surface area contributed by atoms with E-state index in [0.717, 1.165) is 6.42 Å². The fourth-order valence-electron chi connectivity index (χ4n) is 1.33. The maximum Gasteiger partial charge on any atom is 0.288 e. The molecule has 0 aromatic carbocycles. The van der Waals surface area contributed by atoms with Gasteiger partial charge in [-0.25, -0.2) is 0 Å². The first-order chi connectivity index (χ1) is 7.67. The molecule has 1 amide bonds. The Bertz CT molecular complexity index is 338. The van der Waals surface area contributed by atoms with Crippen LogP contribution < -0.4 is 11.1 Å². The van der Waals surface area contributed by atoms with Crippen LogP contribution in [-0.2, 0) is 0 Å². The van der Waals surface area contributed by atoms with Gasteiger partial charge in [-0.1, -0.05) is 13.3 Å². The van der Waals surface area contributed by atoms with Gasteiger partial charge in [-0.05, 0) is 12.3 Å². The number of H-pyrrole nitrogens is 1. The molecule has 0 saturated carbocycles. The molecule has 7 nitrogen and oxygen atoms in total. The third kappa shape index (κ3) is 3.50. The molecule has 0 aliphatic rings. The van der Waals surface area contributed by atoms with Crippen LogP contribution in [0, 0.1) is 5.92 Å². The number of amides is 1. The molecule has 0 aliphatic carbocycles. The van der Waals surface area contributed by atoms with Crippen molar-refractivity contribution in [2.75, 3.05) is 18.9 Å². The van der Waals surface area contributed by atoms with Crippen molar-refractivity contribution in [3.8, 4) is 0 Å². The molecule has 1 rings (SSSR count). The van der Waals surface area contributed by atoms with E-state index in [-0.39, 0.29) is 30.2 Å². The summed E-state index contributed by atoms with van der Waals surface area (Å²) in [6.45, 7) is 2.65. The van der Waals surface area contributed by atoms with Gasteiger partial charge in [0.15, 0.2) is 0 Å². The zero-order valence-electron chi connectivity index (χ0n) is 9.23. The molecule has 1 heterocycles. The molecule has 5 N–H and O–H groups in total. The molecule has 1 aromatic heterocycles.